The zero-order valence-corrected chi connectivity index (χ0v) is 14.1. The Morgan fingerprint density at radius 1 is 1.17 bits per heavy atom. The molecule has 1 unspecified atom stereocenters. The van der Waals surface area contributed by atoms with Crippen molar-refractivity contribution in [2.45, 2.75) is 25.8 Å². The number of aliphatic hydroxyl groups excluding tert-OH is 1. The van der Waals surface area contributed by atoms with Gasteiger partial charge in [0.15, 0.2) is 0 Å². The highest BCUT2D eigenvalue weighted by Crippen LogP contribution is 2.32. The zero-order chi connectivity index (χ0) is 16.9. The Hall–Kier alpha value is -2.33. The number of carbonyl (C=O) groups excluding carboxylic acids is 1. The molecule has 4 nitrogen and oxygen atoms in total. The average Bonchev–Trinajstić information content (AvgIpc) is 3.11. The highest BCUT2D eigenvalue weighted by atomic mass is 16.3. The fraction of sp³-hybridized carbons (Fsp3) is 0.350. The van der Waals surface area contributed by atoms with Gasteiger partial charge < -0.3 is 14.9 Å². The third-order valence-electron chi connectivity index (χ3n) is 4.65. The summed E-state index contributed by atoms with van der Waals surface area (Å²) in [5, 5.41) is 9.68. The van der Waals surface area contributed by atoms with Crippen LogP contribution in [0.2, 0.25) is 0 Å². The number of carbonyl (C=O) groups is 1. The Balaban J connectivity index is 1.72. The van der Waals surface area contributed by atoms with Gasteiger partial charge in [0.25, 0.3) is 0 Å². The summed E-state index contributed by atoms with van der Waals surface area (Å²) in [4.78, 5) is 16.5. The normalized spacial score (nSPS) is 17.1. The van der Waals surface area contributed by atoms with Gasteiger partial charge in [-0.2, -0.15) is 0 Å². The Kier molecular flexibility index (Phi) is 5.16. The van der Waals surface area contributed by atoms with Crippen LogP contribution in [-0.4, -0.2) is 35.7 Å². The quantitative estimate of drug-likeness (QED) is 0.860. The van der Waals surface area contributed by atoms with Gasteiger partial charge in [-0.3, -0.25) is 4.79 Å². The molecule has 4 heteroatoms. The lowest BCUT2D eigenvalue weighted by atomic mass is 10.0. The topological polar surface area (TPSA) is 43.8 Å². The molecule has 0 saturated carbocycles. The summed E-state index contributed by atoms with van der Waals surface area (Å²) in [6, 6.07) is 18.2. The van der Waals surface area contributed by atoms with Crippen LogP contribution in [0.4, 0.5) is 5.69 Å². The molecule has 1 amide bonds. The molecule has 1 N–H and O–H groups in total. The lowest BCUT2D eigenvalue weighted by molar-refractivity contribution is -0.130. The maximum Gasteiger partial charge on any atom is 0.242 e. The van der Waals surface area contributed by atoms with E-state index >= 15 is 0 Å². The lowest BCUT2D eigenvalue weighted by Crippen LogP contribution is -2.40. The molecule has 1 saturated heterocycles. The summed E-state index contributed by atoms with van der Waals surface area (Å²) < 4.78 is 0. The molecule has 0 aliphatic carbocycles. The van der Waals surface area contributed by atoms with Gasteiger partial charge in [0.05, 0.1) is 12.6 Å². The van der Waals surface area contributed by atoms with E-state index in [9.17, 15) is 9.90 Å². The zero-order valence-electron chi connectivity index (χ0n) is 14.1. The van der Waals surface area contributed by atoms with Gasteiger partial charge in [-0.05, 0) is 37.5 Å². The molecule has 0 aromatic heterocycles. The number of anilines is 1. The Morgan fingerprint density at radius 2 is 1.88 bits per heavy atom. The van der Waals surface area contributed by atoms with Crippen LogP contribution in [0.5, 0.6) is 0 Å². The largest absolute Gasteiger partial charge is 0.376 e. The lowest BCUT2D eigenvalue weighted by Gasteiger charge is -2.29. The molecule has 1 fully saturated rings. The first-order chi connectivity index (χ1) is 11.7. The fourth-order valence-electron chi connectivity index (χ4n) is 3.32. The van der Waals surface area contributed by atoms with Gasteiger partial charge >= 0.3 is 0 Å². The monoisotopic (exact) mass is 324 g/mol. The number of likely N-dealkylation sites (tertiary alicyclic amines) is 1. The first-order valence-corrected chi connectivity index (χ1v) is 8.46. The number of rotatable bonds is 5. The number of hydrogen-bond donors (Lipinski definition) is 1. The molecule has 1 aliphatic rings. The second-order valence-corrected chi connectivity index (χ2v) is 6.33. The van der Waals surface area contributed by atoms with Crippen molar-refractivity contribution >= 4 is 11.6 Å². The number of benzene rings is 2. The van der Waals surface area contributed by atoms with E-state index in [0.29, 0.717) is 0 Å². The minimum absolute atomic E-state index is 0.0657. The van der Waals surface area contributed by atoms with Crippen molar-refractivity contribution in [2.75, 3.05) is 24.7 Å². The molecule has 0 bridgehead atoms. The van der Waals surface area contributed by atoms with E-state index in [4.69, 9.17) is 0 Å². The maximum absolute atomic E-state index is 12.8. The molecule has 1 aliphatic heterocycles. The molecular formula is C20H24N2O2. The van der Waals surface area contributed by atoms with Crippen LogP contribution in [0.25, 0.3) is 0 Å². The molecule has 1 atom stereocenters. The first kappa shape index (κ1) is 16.5. The molecule has 2 aromatic carbocycles. The van der Waals surface area contributed by atoms with Crippen molar-refractivity contribution in [2.24, 2.45) is 0 Å². The van der Waals surface area contributed by atoms with Gasteiger partial charge in [0.2, 0.25) is 5.91 Å². The SMILES string of the molecule is Cc1ccc(N(CO)CC(=O)N2CCCC2c2ccccc2)cc1. The summed E-state index contributed by atoms with van der Waals surface area (Å²) >= 11 is 0. The summed E-state index contributed by atoms with van der Waals surface area (Å²) in [6.07, 6.45) is 2.02. The number of aliphatic hydroxyl groups is 1. The van der Waals surface area contributed by atoms with E-state index in [1.807, 2.05) is 54.3 Å². The van der Waals surface area contributed by atoms with Crippen molar-refractivity contribution in [3.63, 3.8) is 0 Å². The van der Waals surface area contributed by atoms with E-state index < -0.39 is 0 Å². The van der Waals surface area contributed by atoms with Gasteiger partial charge in [-0.25, -0.2) is 0 Å². The molecular weight excluding hydrogens is 300 g/mol. The van der Waals surface area contributed by atoms with Crippen LogP contribution < -0.4 is 4.90 Å². The maximum atomic E-state index is 12.8. The van der Waals surface area contributed by atoms with Crippen molar-refractivity contribution in [3.8, 4) is 0 Å². The summed E-state index contributed by atoms with van der Waals surface area (Å²) in [5.41, 5.74) is 3.22. The third kappa shape index (κ3) is 3.60. The smallest absolute Gasteiger partial charge is 0.242 e. The number of amides is 1. The van der Waals surface area contributed by atoms with Gasteiger partial charge in [0, 0.05) is 12.2 Å². The second kappa shape index (κ2) is 7.49. The van der Waals surface area contributed by atoms with E-state index in [0.717, 1.165) is 30.6 Å². The first-order valence-electron chi connectivity index (χ1n) is 8.46. The molecule has 0 radical (unpaired) electrons. The Bertz CT molecular complexity index is 670. The molecule has 1 heterocycles. The summed E-state index contributed by atoms with van der Waals surface area (Å²) in [6.45, 7) is 2.83. The van der Waals surface area contributed by atoms with Crippen molar-refractivity contribution in [1.82, 2.24) is 4.90 Å². The molecule has 2 aromatic rings. The Labute approximate surface area is 143 Å². The van der Waals surface area contributed by atoms with E-state index in [2.05, 4.69) is 12.1 Å². The van der Waals surface area contributed by atoms with Crippen molar-refractivity contribution in [3.05, 3.63) is 65.7 Å². The highest BCUT2D eigenvalue weighted by Gasteiger charge is 2.30. The van der Waals surface area contributed by atoms with Crippen molar-refractivity contribution < 1.29 is 9.90 Å². The van der Waals surface area contributed by atoms with Crippen LogP contribution in [0, 0.1) is 6.92 Å². The fourth-order valence-corrected chi connectivity index (χ4v) is 3.32. The van der Waals surface area contributed by atoms with Gasteiger partial charge in [-0.15, -0.1) is 0 Å². The molecule has 3 rings (SSSR count). The van der Waals surface area contributed by atoms with Crippen LogP contribution in [-0.2, 0) is 4.79 Å². The minimum atomic E-state index is -0.168. The number of hydrogen-bond acceptors (Lipinski definition) is 3. The van der Waals surface area contributed by atoms with E-state index in [1.54, 1.807) is 4.90 Å². The molecule has 0 spiro atoms. The van der Waals surface area contributed by atoms with Crippen LogP contribution in [0.3, 0.4) is 0 Å². The highest BCUT2D eigenvalue weighted by molar-refractivity contribution is 5.82. The summed E-state index contributed by atoms with van der Waals surface area (Å²) in [7, 11) is 0. The molecule has 126 valence electrons. The average molecular weight is 324 g/mol. The van der Waals surface area contributed by atoms with Crippen LogP contribution >= 0.6 is 0 Å². The standard InChI is InChI=1S/C20H24N2O2/c1-16-9-11-18(12-10-16)21(15-23)14-20(24)22-13-5-8-19(22)17-6-3-2-4-7-17/h2-4,6-7,9-12,19,23H,5,8,13-15H2,1H3. The molecule has 24 heavy (non-hydrogen) atoms. The predicted molar refractivity (Wildman–Crippen MR) is 95.7 cm³/mol. The Morgan fingerprint density at radius 3 is 2.54 bits per heavy atom. The van der Waals surface area contributed by atoms with Gasteiger partial charge in [-0.1, -0.05) is 48.0 Å². The number of nitrogens with zero attached hydrogens (tertiary/aromatic N) is 2. The number of aryl methyl sites for hydroxylation is 1. The van der Waals surface area contributed by atoms with Crippen molar-refractivity contribution in [1.29, 1.82) is 0 Å². The predicted octanol–water partition coefficient (Wildman–Crippen LogP) is 3.11. The van der Waals surface area contributed by atoms with E-state index in [-0.39, 0.29) is 25.2 Å². The third-order valence-corrected chi connectivity index (χ3v) is 4.65. The van der Waals surface area contributed by atoms with Crippen LogP contribution in [0.1, 0.15) is 30.0 Å². The van der Waals surface area contributed by atoms with Crippen LogP contribution in [0.15, 0.2) is 54.6 Å². The second-order valence-electron chi connectivity index (χ2n) is 6.33. The summed E-state index contributed by atoms with van der Waals surface area (Å²) in [5.74, 6) is 0.0657. The van der Waals surface area contributed by atoms with Gasteiger partial charge in [0.1, 0.15) is 6.73 Å². The van der Waals surface area contributed by atoms with E-state index in [1.165, 1.54) is 5.56 Å². The minimum Gasteiger partial charge on any atom is -0.376 e.